The number of nitrogens with one attached hydrogen (secondary N) is 1. The molecule has 3 N–H and O–H groups in total. The van der Waals surface area contributed by atoms with Crippen molar-refractivity contribution in [3.8, 4) is 0 Å². The van der Waals surface area contributed by atoms with Crippen LogP contribution in [-0.2, 0) is 4.79 Å². The molecule has 0 aliphatic rings. The third-order valence-corrected chi connectivity index (χ3v) is 1.54. The van der Waals surface area contributed by atoms with E-state index < -0.39 is 0 Å². The van der Waals surface area contributed by atoms with Crippen LogP contribution < -0.4 is 11.1 Å². The van der Waals surface area contributed by atoms with E-state index in [-0.39, 0.29) is 17.9 Å². The topological polar surface area (TPSA) is 67.5 Å². The number of nitrogens with two attached hydrogens (primary N) is 1. The average molecular weight is 185 g/mol. The lowest BCUT2D eigenvalue weighted by Gasteiger charge is -2.17. The molecule has 0 aromatic rings. The summed E-state index contributed by atoms with van der Waals surface area (Å²) in [7, 11) is 0. The second-order valence-electron chi connectivity index (χ2n) is 3.90. The van der Waals surface area contributed by atoms with Crippen molar-refractivity contribution < 1.29 is 4.79 Å². The zero-order valence-electron chi connectivity index (χ0n) is 8.85. The fraction of sp³-hybridized carbons (Fsp3) is 0.778. The molecule has 0 saturated heterocycles. The van der Waals surface area contributed by atoms with E-state index in [1.807, 2.05) is 27.7 Å². The molecule has 0 bridgehead atoms. The highest BCUT2D eigenvalue weighted by Crippen LogP contribution is 2.12. The Morgan fingerprint density at radius 1 is 1.46 bits per heavy atom. The molecule has 0 saturated carbocycles. The molecule has 0 atom stereocenters. The summed E-state index contributed by atoms with van der Waals surface area (Å²) in [4.78, 5) is 15.0. The SMILES string of the molecule is CCNC(=O)CN=C(N)C(C)(C)C. The quantitative estimate of drug-likeness (QED) is 0.497. The predicted octanol–water partition coefficient (Wildman–Crippen LogP) is 0.526. The smallest absolute Gasteiger partial charge is 0.241 e. The van der Waals surface area contributed by atoms with Crippen LogP contribution in [-0.4, -0.2) is 24.8 Å². The van der Waals surface area contributed by atoms with E-state index in [4.69, 9.17) is 5.73 Å². The van der Waals surface area contributed by atoms with E-state index in [2.05, 4.69) is 10.3 Å². The summed E-state index contributed by atoms with van der Waals surface area (Å²) in [5.74, 6) is 0.424. The highest BCUT2D eigenvalue weighted by atomic mass is 16.1. The molecular formula is C9H19N3O. The Kier molecular flexibility index (Phi) is 4.45. The third-order valence-electron chi connectivity index (χ3n) is 1.54. The molecule has 0 spiro atoms. The minimum atomic E-state index is -0.160. The molecule has 4 heteroatoms. The Hall–Kier alpha value is -1.06. The molecular weight excluding hydrogens is 166 g/mol. The highest BCUT2D eigenvalue weighted by molar-refractivity contribution is 5.88. The number of aliphatic imine (C=N–C) groups is 1. The molecule has 0 aromatic carbocycles. The van der Waals surface area contributed by atoms with Crippen LogP contribution in [0.1, 0.15) is 27.7 Å². The molecule has 0 heterocycles. The van der Waals surface area contributed by atoms with Crippen molar-refractivity contribution in [3.05, 3.63) is 0 Å². The summed E-state index contributed by atoms with van der Waals surface area (Å²) < 4.78 is 0. The molecule has 0 aliphatic carbocycles. The monoisotopic (exact) mass is 185 g/mol. The van der Waals surface area contributed by atoms with Crippen LogP contribution in [0.2, 0.25) is 0 Å². The first-order chi connectivity index (χ1) is 5.88. The van der Waals surface area contributed by atoms with Gasteiger partial charge in [0.1, 0.15) is 6.54 Å². The van der Waals surface area contributed by atoms with Crippen molar-refractivity contribution in [2.24, 2.45) is 16.1 Å². The van der Waals surface area contributed by atoms with Gasteiger partial charge in [-0.05, 0) is 6.92 Å². The number of amidine groups is 1. The Labute approximate surface area is 79.6 Å². The minimum Gasteiger partial charge on any atom is -0.387 e. The number of carbonyl (C=O) groups excluding carboxylic acids is 1. The molecule has 76 valence electrons. The third kappa shape index (κ3) is 5.22. The molecule has 1 amide bonds. The number of nitrogens with zero attached hydrogens (tertiary/aromatic N) is 1. The van der Waals surface area contributed by atoms with Crippen molar-refractivity contribution >= 4 is 11.7 Å². The Morgan fingerprint density at radius 2 is 2.00 bits per heavy atom. The summed E-state index contributed by atoms with van der Waals surface area (Å²) in [6.45, 7) is 8.51. The van der Waals surface area contributed by atoms with Crippen LogP contribution in [0.4, 0.5) is 0 Å². The number of hydrogen-bond donors (Lipinski definition) is 2. The lowest BCUT2D eigenvalue weighted by molar-refractivity contribution is -0.119. The summed E-state index contributed by atoms with van der Waals surface area (Å²) >= 11 is 0. The predicted molar refractivity (Wildman–Crippen MR) is 54.6 cm³/mol. The van der Waals surface area contributed by atoms with Gasteiger partial charge >= 0.3 is 0 Å². The molecule has 0 unspecified atom stereocenters. The van der Waals surface area contributed by atoms with E-state index >= 15 is 0 Å². The lowest BCUT2D eigenvalue weighted by Crippen LogP contribution is -2.32. The maximum Gasteiger partial charge on any atom is 0.241 e. The van der Waals surface area contributed by atoms with Crippen molar-refractivity contribution in [3.63, 3.8) is 0 Å². The van der Waals surface area contributed by atoms with Crippen LogP contribution in [0, 0.1) is 5.41 Å². The van der Waals surface area contributed by atoms with Crippen molar-refractivity contribution in [2.45, 2.75) is 27.7 Å². The second kappa shape index (κ2) is 4.84. The number of likely N-dealkylation sites (N-methyl/N-ethyl adjacent to an activating group) is 1. The minimum absolute atomic E-state index is 0.0882. The maximum atomic E-state index is 11.0. The molecule has 4 nitrogen and oxygen atoms in total. The van der Waals surface area contributed by atoms with E-state index in [1.165, 1.54) is 0 Å². The number of carbonyl (C=O) groups is 1. The zero-order valence-corrected chi connectivity index (χ0v) is 8.85. The standard InChI is InChI=1S/C9H19N3O/c1-5-11-7(13)6-12-8(10)9(2,3)4/h5-6H2,1-4H3,(H2,10,12)(H,11,13). The van der Waals surface area contributed by atoms with Crippen LogP contribution in [0.25, 0.3) is 0 Å². The molecule has 13 heavy (non-hydrogen) atoms. The maximum absolute atomic E-state index is 11.0. The molecule has 0 aliphatic heterocycles. The van der Waals surface area contributed by atoms with Crippen LogP contribution in [0.5, 0.6) is 0 Å². The first-order valence-electron chi connectivity index (χ1n) is 4.45. The average Bonchev–Trinajstić information content (AvgIpc) is 1.99. The summed E-state index contributed by atoms with van der Waals surface area (Å²) in [6.07, 6.45) is 0. The Morgan fingerprint density at radius 3 is 2.38 bits per heavy atom. The fourth-order valence-corrected chi connectivity index (χ4v) is 0.647. The van der Waals surface area contributed by atoms with Gasteiger partial charge in [-0.15, -0.1) is 0 Å². The summed E-state index contributed by atoms with van der Waals surface area (Å²) in [5, 5.41) is 2.65. The largest absolute Gasteiger partial charge is 0.387 e. The van der Waals surface area contributed by atoms with Crippen molar-refractivity contribution in [1.82, 2.24) is 5.32 Å². The van der Waals surface area contributed by atoms with E-state index in [9.17, 15) is 4.79 Å². The van der Waals surface area contributed by atoms with E-state index in [1.54, 1.807) is 0 Å². The summed E-state index contributed by atoms with van der Waals surface area (Å²) in [6, 6.07) is 0. The summed E-state index contributed by atoms with van der Waals surface area (Å²) in [5.41, 5.74) is 5.50. The van der Waals surface area contributed by atoms with Gasteiger partial charge in [0.2, 0.25) is 5.91 Å². The van der Waals surface area contributed by atoms with Gasteiger partial charge in [0.05, 0.1) is 5.84 Å². The normalized spacial score (nSPS) is 12.8. The molecule has 0 aromatic heterocycles. The fourth-order valence-electron chi connectivity index (χ4n) is 0.647. The van der Waals surface area contributed by atoms with Gasteiger partial charge in [-0.2, -0.15) is 0 Å². The second-order valence-corrected chi connectivity index (χ2v) is 3.90. The van der Waals surface area contributed by atoms with Gasteiger partial charge in [0, 0.05) is 12.0 Å². The number of rotatable bonds is 3. The lowest BCUT2D eigenvalue weighted by atomic mass is 9.95. The zero-order chi connectivity index (χ0) is 10.5. The first kappa shape index (κ1) is 11.9. The van der Waals surface area contributed by atoms with E-state index in [0.29, 0.717) is 12.4 Å². The van der Waals surface area contributed by atoms with Gasteiger partial charge in [0.25, 0.3) is 0 Å². The van der Waals surface area contributed by atoms with E-state index in [0.717, 1.165) is 0 Å². The number of hydrogen-bond acceptors (Lipinski definition) is 2. The van der Waals surface area contributed by atoms with Crippen molar-refractivity contribution in [1.29, 1.82) is 0 Å². The molecule has 0 rings (SSSR count). The van der Waals surface area contributed by atoms with Gasteiger partial charge in [-0.25, -0.2) is 0 Å². The van der Waals surface area contributed by atoms with Crippen molar-refractivity contribution in [2.75, 3.05) is 13.1 Å². The Balaban J connectivity index is 4.05. The van der Waals surface area contributed by atoms with Gasteiger partial charge in [-0.3, -0.25) is 9.79 Å². The van der Waals surface area contributed by atoms with Gasteiger partial charge < -0.3 is 11.1 Å². The number of amides is 1. The Bertz CT molecular complexity index is 203. The van der Waals surface area contributed by atoms with Gasteiger partial charge in [-0.1, -0.05) is 20.8 Å². The van der Waals surface area contributed by atoms with Crippen LogP contribution in [0.3, 0.4) is 0 Å². The molecule has 0 fully saturated rings. The van der Waals surface area contributed by atoms with Crippen LogP contribution >= 0.6 is 0 Å². The van der Waals surface area contributed by atoms with Gasteiger partial charge in [0.15, 0.2) is 0 Å². The molecule has 0 radical (unpaired) electrons. The van der Waals surface area contributed by atoms with Crippen LogP contribution in [0.15, 0.2) is 4.99 Å². The first-order valence-corrected chi connectivity index (χ1v) is 4.45. The highest BCUT2D eigenvalue weighted by Gasteiger charge is 2.15.